The lowest BCUT2D eigenvalue weighted by molar-refractivity contribution is 0.758. The van der Waals surface area contributed by atoms with Crippen LogP contribution < -0.4 is 5.73 Å². The maximum Gasteiger partial charge on any atom is 0.212 e. The van der Waals surface area contributed by atoms with Gasteiger partial charge < -0.3 is 5.73 Å². The van der Waals surface area contributed by atoms with E-state index >= 15 is 0 Å². The lowest BCUT2D eigenvalue weighted by atomic mass is 10.2. The second-order valence-electron chi connectivity index (χ2n) is 5.19. The first-order valence-corrected chi connectivity index (χ1v) is 7.90. The Kier molecular flexibility index (Phi) is 3.05. The Hall–Kier alpha value is -2.05. The molecule has 0 saturated heterocycles. The second-order valence-corrected chi connectivity index (χ2v) is 6.03. The van der Waals surface area contributed by atoms with Crippen molar-refractivity contribution in [3.8, 4) is 16.4 Å². The first-order valence-electron chi connectivity index (χ1n) is 7.02. The van der Waals surface area contributed by atoms with Crippen molar-refractivity contribution < 1.29 is 0 Å². The Bertz CT molecular complexity index is 757. The summed E-state index contributed by atoms with van der Waals surface area (Å²) in [5.41, 5.74) is 9.91. The molecule has 0 unspecified atom stereocenters. The standard InChI is InChI=1S/C15H15N5S/c16-8-12-14(11-6-7-11)20(19-18-12)15-17-13(9-21-15)10-4-2-1-3-5-10/h1-5,9,11H,6-8,16H2. The zero-order valence-corrected chi connectivity index (χ0v) is 12.3. The van der Waals surface area contributed by atoms with E-state index in [0.29, 0.717) is 12.5 Å². The highest BCUT2D eigenvalue weighted by Gasteiger charge is 2.32. The smallest absolute Gasteiger partial charge is 0.212 e. The third-order valence-corrected chi connectivity index (χ3v) is 4.50. The van der Waals surface area contributed by atoms with Gasteiger partial charge in [0, 0.05) is 23.4 Å². The summed E-state index contributed by atoms with van der Waals surface area (Å²) in [5.74, 6) is 0.544. The van der Waals surface area contributed by atoms with Crippen LogP contribution in [0.5, 0.6) is 0 Å². The van der Waals surface area contributed by atoms with Crippen LogP contribution in [-0.4, -0.2) is 20.0 Å². The summed E-state index contributed by atoms with van der Waals surface area (Å²) in [6.45, 7) is 0.433. The van der Waals surface area contributed by atoms with E-state index in [9.17, 15) is 0 Å². The second kappa shape index (κ2) is 5.05. The highest BCUT2D eigenvalue weighted by molar-refractivity contribution is 7.12. The fourth-order valence-corrected chi connectivity index (χ4v) is 3.27. The topological polar surface area (TPSA) is 69.6 Å². The molecule has 1 aliphatic carbocycles. The molecule has 3 aromatic rings. The van der Waals surface area contributed by atoms with Crippen molar-refractivity contribution >= 4 is 11.3 Å². The van der Waals surface area contributed by atoms with Crippen LogP contribution in [0.3, 0.4) is 0 Å². The van der Waals surface area contributed by atoms with Gasteiger partial charge in [0.15, 0.2) is 0 Å². The van der Waals surface area contributed by atoms with Gasteiger partial charge in [-0.3, -0.25) is 0 Å². The van der Waals surface area contributed by atoms with Gasteiger partial charge in [-0.25, -0.2) is 4.98 Å². The van der Waals surface area contributed by atoms with Crippen LogP contribution in [0.2, 0.25) is 0 Å². The average molecular weight is 297 g/mol. The molecule has 0 aliphatic heterocycles. The highest BCUT2D eigenvalue weighted by Crippen LogP contribution is 2.42. The molecule has 1 aromatic carbocycles. The van der Waals surface area contributed by atoms with Gasteiger partial charge in [-0.15, -0.1) is 16.4 Å². The molecule has 0 amide bonds. The Morgan fingerprint density at radius 1 is 1.24 bits per heavy atom. The van der Waals surface area contributed by atoms with E-state index in [2.05, 4.69) is 27.8 Å². The Balaban J connectivity index is 1.75. The van der Waals surface area contributed by atoms with Crippen LogP contribution >= 0.6 is 11.3 Å². The van der Waals surface area contributed by atoms with Crippen molar-refractivity contribution in [1.29, 1.82) is 0 Å². The van der Waals surface area contributed by atoms with E-state index in [-0.39, 0.29) is 0 Å². The van der Waals surface area contributed by atoms with E-state index in [4.69, 9.17) is 10.7 Å². The lowest BCUT2D eigenvalue weighted by Gasteiger charge is -2.02. The van der Waals surface area contributed by atoms with Crippen LogP contribution in [0, 0.1) is 0 Å². The molecule has 0 spiro atoms. The summed E-state index contributed by atoms with van der Waals surface area (Å²) in [6.07, 6.45) is 2.38. The predicted octanol–water partition coefficient (Wildman–Crippen LogP) is 2.73. The number of thiazole rings is 1. The minimum absolute atomic E-state index is 0.433. The number of aromatic nitrogens is 4. The number of nitrogens with zero attached hydrogens (tertiary/aromatic N) is 4. The fraction of sp³-hybridized carbons (Fsp3) is 0.267. The molecule has 2 N–H and O–H groups in total. The molecule has 1 fully saturated rings. The van der Waals surface area contributed by atoms with Gasteiger partial charge in [0.25, 0.3) is 0 Å². The van der Waals surface area contributed by atoms with E-state index in [1.165, 1.54) is 12.8 Å². The first kappa shape index (κ1) is 12.7. The van der Waals surface area contributed by atoms with Crippen molar-refractivity contribution in [2.24, 2.45) is 5.73 Å². The summed E-state index contributed by atoms with van der Waals surface area (Å²) in [7, 11) is 0. The van der Waals surface area contributed by atoms with Crippen molar-refractivity contribution in [2.75, 3.05) is 0 Å². The summed E-state index contributed by atoms with van der Waals surface area (Å²) in [5, 5.41) is 11.4. The molecule has 1 saturated carbocycles. The van der Waals surface area contributed by atoms with Gasteiger partial charge in [-0.05, 0) is 12.8 Å². The normalized spacial score (nSPS) is 14.5. The van der Waals surface area contributed by atoms with Gasteiger partial charge in [0.05, 0.1) is 11.4 Å². The molecule has 106 valence electrons. The van der Waals surface area contributed by atoms with Crippen LogP contribution in [-0.2, 0) is 6.54 Å². The molecule has 6 heteroatoms. The third-order valence-electron chi connectivity index (χ3n) is 3.68. The molecule has 0 atom stereocenters. The minimum Gasteiger partial charge on any atom is -0.325 e. The molecule has 2 heterocycles. The SMILES string of the molecule is NCc1nnn(-c2nc(-c3ccccc3)cs2)c1C1CC1. The molecule has 4 rings (SSSR count). The number of nitrogens with two attached hydrogens (primary N) is 1. The zero-order valence-electron chi connectivity index (χ0n) is 11.4. The Labute approximate surface area is 126 Å². The first-order chi connectivity index (χ1) is 10.4. The van der Waals surface area contributed by atoms with E-state index in [0.717, 1.165) is 27.8 Å². The van der Waals surface area contributed by atoms with Crippen LogP contribution in [0.4, 0.5) is 0 Å². The molecule has 1 aliphatic rings. The third kappa shape index (κ3) is 2.26. The van der Waals surface area contributed by atoms with Crippen LogP contribution in [0.25, 0.3) is 16.4 Å². The van der Waals surface area contributed by atoms with Gasteiger partial charge >= 0.3 is 0 Å². The van der Waals surface area contributed by atoms with Crippen LogP contribution in [0.1, 0.15) is 30.1 Å². The van der Waals surface area contributed by atoms with Crippen LogP contribution in [0.15, 0.2) is 35.7 Å². The molecule has 2 aromatic heterocycles. The van der Waals surface area contributed by atoms with E-state index < -0.39 is 0 Å². The van der Waals surface area contributed by atoms with Crippen molar-refractivity contribution in [3.63, 3.8) is 0 Å². The van der Waals surface area contributed by atoms with Gasteiger partial charge in [0.2, 0.25) is 5.13 Å². The van der Waals surface area contributed by atoms with Gasteiger partial charge in [-0.1, -0.05) is 35.5 Å². The fourth-order valence-electron chi connectivity index (χ4n) is 2.48. The largest absolute Gasteiger partial charge is 0.325 e. The summed E-state index contributed by atoms with van der Waals surface area (Å²) < 4.78 is 1.87. The van der Waals surface area contributed by atoms with Gasteiger partial charge in [0.1, 0.15) is 5.69 Å². The molecule has 0 radical (unpaired) electrons. The maximum atomic E-state index is 5.77. The minimum atomic E-state index is 0.433. The van der Waals surface area contributed by atoms with Crippen molar-refractivity contribution in [2.45, 2.75) is 25.3 Å². The van der Waals surface area contributed by atoms with Gasteiger partial charge in [-0.2, -0.15) is 4.68 Å². The summed E-state index contributed by atoms with van der Waals surface area (Å²) in [6, 6.07) is 10.2. The molecule has 5 nitrogen and oxygen atoms in total. The maximum absolute atomic E-state index is 5.77. The predicted molar refractivity (Wildman–Crippen MR) is 82.3 cm³/mol. The average Bonchev–Trinajstić information content (AvgIpc) is 3.10. The number of hydrogen-bond donors (Lipinski definition) is 1. The molecular formula is C15H15N5S. The van der Waals surface area contributed by atoms with Crippen molar-refractivity contribution in [1.82, 2.24) is 20.0 Å². The monoisotopic (exact) mass is 297 g/mol. The number of benzene rings is 1. The number of hydrogen-bond acceptors (Lipinski definition) is 5. The van der Waals surface area contributed by atoms with E-state index in [1.807, 2.05) is 22.9 Å². The quantitative estimate of drug-likeness (QED) is 0.804. The van der Waals surface area contributed by atoms with E-state index in [1.54, 1.807) is 11.3 Å². The highest BCUT2D eigenvalue weighted by atomic mass is 32.1. The molecule has 21 heavy (non-hydrogen) atoms. The molecule has 0 bridgehead atoms. The summed E-state index contributed by atoms with van der Waals surface area (Å²) in [4.78, 5) is 4.71. The summed E-state index contributed by atoms with van der Waals surface area (Å²) >= 11 is 1.59. The zero-order chi connectivity index (χ0) is 14.2. The Morgan fingerprint density at radius 2 is 2.05 bits per heavy atom. The Morgan fingerprint density at radius 3 is 2.76 bits per heavy atom. The molecular weight excluding hydrogens is 282 g/mol. The number of rotatable bonds is 4. The lowest BCUT2D eigenvalue weighted by Crippen LogP contribution is -2.04. The van der Waals surface area contributed by atoms with Crippen molar-refractivity contribution in [3.05, 3.63) is 47.1 Å².